The van der Waals surface area contributed by atoms with E-state index in [9.17, 15) is 9.59 Å². The number of thiazole rings is 1. The number of carbonyl (C=O) groups excluding carboxylic acids is 2. The van der Waals surface area contributed by atoms with Gasteiger partial charge in [-0.05, 0) is 27.7 Å². The normalized spacial score (nSPS) is 14.6. The highest BCUT2D eigenvalue weighted by Gasteiger charge is 2.29. The minimum atomic E-state index is -0.518. The van der Waals surface area contributed by atoms with Crippen LogP contribution in [-0.4, -0.2) is 40.7 Å². The lowest BCUT2D eigenvalue weighted by Crippen LogP contribution is -2.39. The van der Waals surface area contributed by atoms with Crippen LogP contribution in [0.3, 0.4) is 0 Å². The van der Waals surface area contributed by atoms with Crippen LogP contribution in [0.15, 0.2) is 0 Å². The summed E-state index contributed by atoms with van der Waals surface area (Å²) in [7, 11) is 0. The molecule has 0 fully saturated rings. The van der Waals surface area contributed by atoms with Gasteiger partial charge in [0.25, 0.3) is 0 Å². The SMILES string of the molecule is CCOC(=O)c1nc2c(s1)CCN(C(=O)OC(C)(C)C)C2. The first kappa shape index (κ1) is 15.8. The van der Waals surface area contributed by atoms with Crippen molar-refractivity contribution in [3.8, 4) is 0 Å². The maximum atomic E-state index is 12.1. The molecule has 0 unspecified atom stereocenters. The number of nitrogens with zero attached hydrogens (tertiary/aromatic N) is 2. The molecule has 1 amide bonds. The Morgan fingerprint density at radius 2 is 2.10 bits per heavy atom. The van der Waals surface area contributed by atoms with E-state index in [1.807, 2.05) is 20.8 Å². The molecule has 1 aromatic heterocycles. The fraction of sp³-hybridized carbons (Fsp3) is 0.643. The van der Waals surface area contributed by atoms with Gasteiger partial charge in [0.05, 0.1) is 18.8 Å². The summed E-state index contributed by atoms with van der Waals surface area (Å²) in [6, 6.07) is 0. The molecule has 0 radical (unpaired) electrons. The second-order valence-corrected chi connectivity index (χ2v) is 6.84. The molecule has 0 saturated heterocycles. The van der Waals surface area contributed by atoms with Gasteiger partial charge in [-0.1, -0.05) is 0 Å². The summed E-state index contributed by atoms with van der Waals surface area (Å²) in [6.07, 6.45) is 0.338. The number of ether oxygens (including phenoxy) is 2. The molecule has 0 spiro atoms. The summed E-state index contributed by atoms with van der Waals surface area (Å²) < 4.78 is 10.3. The molecule has 1 aromatic rings. The van der Waals surface area contributed by atoms with Crippen molar-refractivity contribution in [1.82, 2.24) is 9.88 Å². The van der Waals surface area contributed by atoms with Gasteiger partial charge < -0.3 is 14.4 Å². The summed E-state index contributed by atoms with van der Waals surface area (Å²) in [5, 5.41) is 0.355. The number of amides is 1. The van der Waals surface area contributed by atoms with Gasteiger partial charge in [-0.2, -0.15) is 0 Å². The van der Waals surface area contributed by atoms with E-state index < -0.39 is 11.6 Å². The topological polar surface area (TPSA) is 68.7 Å². The van der Waals surface area contributed by atoms with Crippen LogP contribution < -0.4 is 0 Å². The van der Waals surface area contributed by atoms with Gasteiger partial charge in [-0.25, -0.2) is 14.6 Å². The van der Waals surface area contributed by atoms with E-state index in [0.29, 0.717) is 31.1 Å². The van der Waals surface area contributed by atoms with E-state index in [0.717, 1.165) is 10.6 Å². The van der Waals surface area contributed by atoms with Crippen LogP contribution in [0.4, 0.5) is 4.79 Å². The molecule has 21 heavy (non-hydrogen) atoms. The zero-order chi connectivity index (χ0) is 15.6. The Kier molecular flexibility index (Phi) is 4.51. The highest BCUT2D eigenvalue weighted by molar-refractivity contribution is 7.13. The van der Waals surface area contributed by atoms with E-state index in [4.69, 9.17) is 9.47 Å². The molecule has 2 rings (SSSR count). The molecule has 7 heteroatoms. The zero-order valence-electron chi connectivity index (χ0n) is 12.8. The molecular formula is C14H20N2O4S. The van der Waals surface area contributed by atoms with Crippen LogP contribution >= 0.6 is 11.3 Å². The number of aromatic nitrogens is 1. The Labute approximate surface area is 128 Å². The first-order valence-corrected chi connectivity index (χ1v) is 7.75. The average Bonchev–Trinajstić information content (AvgIpc) is 2.79. The Morgan fingerprint density at radius 3 is 2.71 bits per heavy atom. The molecule has 0 saturated carbocycles. The van der Waals surface area contributed by atoms with Crippen molar-refractivity contribution in [3.63, 3.8) is 0 Å². The van der Waals surface area contributed by atoms with Crippen molar-refractivity contribution < 1.29 is 19.1 Å². The number of esters is 1. The number of hydrogen-bond acceptors (Lipinski definition) is 6. The Bertz CT molecular complexity index is 548. The smallest absolute Gasteiger partial charge is 0.410 e. The largest absolute Gasteiger partial charge is 0.461 e. The second kappa shape index (κ2) is 6.01. The Hall–Kier alpha value is -1.63. The molecule has 116 valence electrons. The lowest BCUT2D eigenvalue weighted by molar-refractivity contribution is 0.0222. The van der Waals surface area contributed by atoms with E-state index >= 15 is 0 Å². The van der Waals surface area contributed by atoms with Crippen LogP contribution in [0.5, 0.6) is 0 Å². The number of rotatable bonds is 2. The van der Waals surface area contributed by atoms with Crippen molar-refractivity contribution >= 4 is 23.4 Å². The Balaban J connectivity index is 2.07. The van der Waals surface area contributed by atoms with Crippen molar-refractivity contribution in [2.24, 2.45) is 0 Å². The second-order valence-electron chi connectivity index (χ2n) is 5.76. The molecule has 0 aromatic carbocycles. The summed E-state index contributed by atoms with van der Waals surface area (Å²) >= 11 is 1.35. The summed E-state index contributed by atoms with van der Waals surface area (Å²) in [6.45, 7) is 8.54. The molecule has 2 heterocycles. The molecule has 6 nitrogen and oxygen atoms in total. The maximum absolute atomic E-state index is 12.1. The van der Waals surface area contributed by atoms with Gasteiger partial charge in [-0.3, -0.25) is 0 Å². The van der Waals surface area contributed by atoms with Gasteiger partial charge in [0.15, 0.2) is 0 Å². The van der Waals surface area contributed by atoms with Crippen LogP contribution in [0.2, 0.25) is 0 Å². The van der Waals surface area contributed by atoms with Gasteiger partial charge >= 0.3 is 12.1 Å². The fourth-order valence-electron chi connectivity index (χ4n) is 1.96. The van der Waals surface area contributed by atoms with Crippen LogP contribution in [0.25, 0.3) is 0 Å². The third-order valence-corrected chi connectivity index (χ3v) is 3.97. The number of hydrogen-bond donors (Lipinski definition) is 0. The fourth-order valence-corrected chi connectivity index (χ4v) is 2.91. The van der Waals surface area contributed by atoms with Gasteiger partial charge in [0.2, 0.25) is 5.01 Å². The molecule has 0 aliphatic carbocycles. The lowest BCUT2D eigenvalue weighted by Gasteiger charge is -2.29. The maximum Gasteiger partial charge on any atom is 0.410 e. The monoisotopic (exact) mass is 312 g/mol. The van der Waals surface area contributed by atoms with E-state index in [-0.39, 0.29) is 6.09 Å². The third-order valence-electron chi connectivity index (χ3n) is 2.83. The van der Waals surface area contributed by atoms with Crippen molar-refractivity contribution in [3.05, 3.63) is 15.6 Å². The summed E-state index contributed by atoms with van der Waals surface area (Å²) in [5.41, 5.74) is 0.246. The minimum Gasteiger partial charge on any atom is -0.461 e. The van der Waals surface area contributed by atoms with E-state index in [1.165, 1.54) is 11.3 Å². The predicted octanol–water partition coefficient (Wildman–Crippen LogP) is 2.61. The van der Waals surface area contributed by atoms with Crippen LogP contribution in [-0.2, 0) is 22.4 Å². The first-order chi connectivity index (χ1) is 9.80. The predicted molar refractivity (Wildman–Crippen MR) is 78.4 cm³/mol. The van der Waals surface area contributed by atoms with E-state index in [1.54, 1.807) is 11.8 Å². The molecule has 1 aliphatic heterocycles. The first-order valence-electron chi connectivity index (χ1n) is 6.94. The van der Waals surface area contributed by atoms with Crippen molar-refractivity contribution in [1.29, 1.82) is 0 Å². The highest BCUT2D eigenvalue weighted by Crippen LogP contribution is 2.26. The van der Waals surface area contributed by atoms with Crippen molar-refractivity contribution in [2.75, 3.05) is 13.2 Å². The molecule has 0 N–H and O–H groups in total. The zero-order valence-corrected chi connectivity index (χ0v) is 13.6. The third kappa shape index (κ3) is 3.93. The van der Waals surface area contributed by atoms with Crippen molar-refractivity contribution in [2.45, 2.75) is 46.3 Å². The molecular weight excluding hydrogens is 292 g/mol. The quantitative estimate of drug-likeness (QED) is 0.785. The number of fused-ring (bicyclic) bond motifs is 1. The molecule has 0 atom stereocenters. The van der Waals surface area contributed by atoms with Crippen LogP contribution in [0, 0.1) is 0 Å². The summed E-state index contributed by atoms with van der Waals surface area (Å²) in [4.78, 5) is 30.7. The minimum absolute atomic E-state index is 0.327. The molecule has 1 aliphatic rings. The lowest BCUT2D eigenvalue weighted by atomic mass is 10.2. The summed E-state index contributed by atoms with van der Waals surface area (Å²) in [5.74, 6) is -0.402. The highest BCUT2D eigenvalue weighted by atomic mass is 32.1. The standard InChI is InChI=1S/C14H20N2O4S/c1-5-19-12(17)11-15-9-8-16(7-6-10(9)21-11)13(18)20-14(2,3)4/h5-8H2,1-4H3. The number of carbonyl (C=O) groups is 2. The van der Waals surface area contributed by atoms with Gasteiger partial charge in [-0.15, -0.1) is 11.3 Å². The Morgan fingerprint density at radius 1 is 1.38 bits per heavy atom. The van der Waals surface area contributed by atoms with Gasteiger partial charge in [0.1, 0.15) is 5.60 Å². The average molecular weight is 312 g/mol. The van der Waals surface area contributed by atoms with E-state index in [2.05, 4.69) is 4.98 Å². The van der Waals surface area contributed by atoms with Crippen LogP contribution in [0.1, 0.15) is 48.1 Å². The molecule has 0 bridgehead atoms. The van der Waals surface area contributed by atoms with Gasteiger partial charge in [0, 0.05) is 17.8 Å².